The average Bonchev–Trinajstić information content (AvgIpc) is 2.46. The molecule has 1 aromatic carbocycles. The molecule has 0 aliphatic heterocycles. The Morgan fingerprint density at radius 1 is 1.17 bits per heavy atom. The first-order chi connectivity index (χ1) is 8.90. The highest BCUT2D eigenvalue weighted by Gasteiger charge is 1.99. The number of pyridine rings is 1. The summed E-state index contributed by atoms with van der Waals surface area (Å²) in [5, 5.41) is 9.00. The van der Waals surface area contributed by atoms with E-state index in [1.165, 1.54) is 0 Å². The van der Waals surface area contributed by atoms with Crippen LogP contribution < -0.4 is 5.48 Å². The van der Waals surface area contributed by atoms with Crippen LogP contribution in [0.4, 0.5) is 0 Å². The van der Waals surface area contributed by atoms with E-state index >= 15 is 0 Å². The second kappa shape index (κ2) is 6.18. The minimum Gasteiger partial charge on any atom is -0.290 e. The highest BCUT2D eigenvalue weighted by Crippen LogP contribution is 1.97. The van der Waals surface area contributed by atoms with Gasteiger partial charge in [-0.05, 0) is 30.2 Å². The van der Waals surface area contributed by atoms with Gasteiger partial charge in [-0.1, -0.05) is 18.2 Å². The lowest BCUT2D eigenvalue weighted by Crippen LogP contribution is -2.19. The first-order valence-electron chi connectivity index (χ1n) is 5.34. The second-order valence-corrected chi connectivity index (χ2v) is 3.42. The number of hydrogen-bond donors (Lipinski definition) is 2. The van der Waals surface area contributed by atoms with Crippen molar-refractivity contribution in [1.82, 2.24) is 10.5 Å². The zero-order valence-corrected chi connectivity index (χ0v) is 9.54. The van der Waals surface area contributed by atoms with Gasteiger partial charge < -0.3 is 0 Å². The van der Waals surface area contributed by atoms with E-state index in [0.29, 0.717) is 5.56 Å². The van der Waals surface area contributed by atoms with Crippen molar-refractivity contribution in [3.8, 4) is 12.0 Å². The molecule has 0 fully saturated rings. The molecule has 2 rings (SSSR count). The molecule has 0 aliphatic carbocycles. The smallest absolute Gasteiger partial charge is 0.168 e. The van der Waals surface area contributed by atoms with E-state index in [9.17, 15) is 0 Å². The Morgan fingerprint density at radius 3 is 2.67 bits per heavy atom. The Balaban J connectivity index is 2.20. The number of nitrogens with zero attached hydrogens (tertiary/aromatic N) is 2. The zero-order chi connectivity index (χ0) is 12.6. The fourth-order valence-electron chi connectivity index (χ4n) is 1.33. The van der Waals surface area contributed by atoms with Crippen LogP contribution in [0.5, 0.6) is 0 Å². The molecule has 0 saturated carbocycles. The number of amidine groups is 1. The summed E-state index contributed by atoms with van der Waals surface area (Å²) in [5.74, 6) is 3.14. The zero-order valence-electron chi connectivity index (χ0n) is 9.54. The van der Waals surface area contributed by atoms with Crippen LogP contribution in [-0.2, 0) is 0 Å². The van der Waals surface area contributed by atoms with Crippen molar-refractivity contribution >= 4 is 5.84 Å². The molecule has 0 atom stereocenters. The molecular formula is C14H11N3O. The van der Waals surface area contributed by atoms with E-state index in [1.54, 1.807) is 24.5 Å². The molecule has 1 heterocycles. The van der Waals surface area contributed by atoms with Gasteiger partial charge in [0, 0.05) is 29.6 Å². The first-order valence-corrected chi connectivity index (χ1v) is 5.34. The largest absolute Gasteiger partial charge is 0.290 e. The standard InChI is InChI=1S/C14H11N3O/c18-17-14(13-7-4-9-15-11-13)16-10-8-12-5-2-1-3-6-12/h1-7,9,11,18H,(H,16,17). The highest BCUT2D eigenvalue weighted by molar-refractivity contribution is 5.98. The Hall–Kier alpha value is -2.64. The van der Waals surface area contributed by atoms with Crippen LogP contribution in [0, 0.1) is 12.0 Å². The van der Waals surface area contributed by atoms with Gasteiger partial charge in [0.05, 0.1) is 0 Å². The number of hydrogen-bond acceptors (Lipinski definition) is 3. The molecule has 1 aromatic heterocycles. The van der Waals surface area contributed by atoms with Gasteiger partial charge in [0.15, 0.2) is 5.84 Å². The molecule has 18 heavy (non-hydrogen) atoms. The molecule has 0 aliphatic rings. The van der Waals surface area contributed by atoms with Gasteiger partial charge in [-0.2, -0.15) is 4.99 Å². The molecule has 4 heteroatoms. The average molecular weight is 237 g/mol. The second-order valence-electron chi connectivity index (χ2n) is 3.42. The van der Waals surface area contributed by atoms with Gasteiger partial charge in [0.2, 0.25) is 0 Å². The topological polar surface area (TPSA) is 57.5 Å². The summed E-state index contributed by atoms with van der Waals surface area (Å²) >= 11 is 0. The van der Waals surface area contributed by atoms with Crippen LogP contribution >= 0.6 is 0 Å². The Morgan fingerprint density at radius 2 is 2.00 bits per heavy atom. The van der Waals surface area contributed by atoms with Crippen molar-refractivity contribution in [2.75, 3.05) is 0 Å². The summed E-state index contributed by atoms with van der Waals surface area (Å²) in [6, 6.07) is 15.7. The van der Waals surface area contributed by atoms with E-state index in [0.717, 1.165) is 5.56 Å². The molecule has 0 saturated heterocycles. The number of aromatic nitrogens is 1. The maximum absolute atomic E-state index is 9.00. The first kappa shape index (κ1) is 11.8. The number of hydroxylamine groups is 1. The number of benzene rings is 1. The summed E-state index contributed by atoms with van der Waals surface area (Å²) in [6.45, 7) is 0. The van der Waals surface area contributed by atoms with Crippen molar-refractivity contribution in [3.63, 3.8) is 0 Å². The molecule has 0 radical (unpaired) electrons. The molecule has 2 aromatic rings. The molecule has 88 valence electrons. The minimum atomic E-state index is 0.270. The van der Waals surface area contributed by atoms with Gasteiger partial charge >= 0.3 is 0 Å². The van der Waals surface area contributed by atoms with Crippen LogP contribution in [0.2, 0.25) is 0 Å². The quantitative estimate of drug-likeness (QED) is 0.344. The van der Waals surface area contributed by atoms with Gasteiger partial charge in [-0.15, -0.1) is 0 Å². The van der Waals surface area contributed by atoms with Gasteiger partial charge in [0.25, 0.3) is 0 Å². The summed E-state index contributed by atoms with van der Waals surface area (Å²) in [5.41, 5.74) is 3.55. The van der Waals surface area contributed by atoms with E-state index in [-0.39, 0.29) is 5.84 Å². The molecule has 2 N–H and O–H groups in total. The maximum Gasteiger partial charge on any atom is 0.168 e. The monoisotopic (exact) mass is 237 g/mol. The van der Waals surface area contributed by atoms with Crippen molar-refractivity contribution < 1.29 is 5.21 Å². The lowest BCUT2D eigenvalue weighted by atomic mass is 10.2. The van der Waals surface area contributed by atoms with Crippen LogP contribution in [0.1, 0.15) is 11.1 Å². The molecule has 0 amide bonds. The van der Waals surface area contributed by atoms with E-state index in [2.05, 4.69) is 21.9 Å². The predicted molar refractivity (Wildman–Crippen MR) is 69.0 cm³/mol. The number of nitrogens with one attached hydrogen (secondary N) is 1. The van der Waals surface area contributed by atoms with Crippen molar-refractivity contribution in [2.24, 2.45) is 4.99 Å². The Kier molecular flexibility index (Phi) is 4.07. The van der Waals surface area contributed by atoms with E-state index < -0.39 is 0 Å². The molecular weight excluding hydrogens is 226 g/mol. The van der Waals surface area contributed by atoms with Gasteiger partial charge in [-0.25, -0.2) is 0 Å². The molecule has 0 spiro atoms. The molecule has 0 unspecified atom stereocenters. The fourth-order valence-corrected chi connectivity index (χ4v) is 1.33. The summed E-state index contributed by atoms with van der Waals surface area (Å²) < 4.78 is 0. The van der Waals surface area contributed by atoms with Gasteiger partial charge in [-0.3, -0.25) is 15.7 Å². The Labute approximate surface area is 105 Å². The fraction of sp³-hybridized carbons (Fsp3) is 0. The van der Waals surface area contributed by atoms with Crippen LogP contribution in [0.3, 0.4) is 0 Å². The van der Waals surface area contributed by atoms with Crippen LogP contribution in [0.15, 0.2) is 59.9 Å². The molecule has 4 nitrogen and oxygen atoms in total. The van der Waals surface area contributed by atoms with E-state index in [1.807, 2.05) is 35.8 Å². The Bertz CT molecular complexity index is 583. The maximum atomic E-state index is 9.00. The van der Waals surface area contributed by atoms with Crippen molar-refractivity contribution in [1.29, 1.82) is 0 Å². The normalized spacial score (nSPS) is 10.4. The third kappa shape index (κ3) is 3.17. The number of rotatable bonds is 1. The predicted octanol–water partition coefficient (Wildman–Crippen LogP) is 1.82. The highest BCUT2D eigenvalue weighted by atomic mass is 16.5. The van der Waals surface area contributed by atoms with Crippen molar-refractivity contribution in [2.45, 2.75) is 0 Å². The summed E-state index contributed by atoms with van der Waals surface area (Å²) in [6.07, 6.45) is 3.24. The van der Waals surface area contributed by atoms with Crippen LogP contribution in [-0.4, -0.2) is 16.0 Å². The third-order valence-corrected chi connectivity index (χ3v) is 2.18. The SMILES string of the molecule is ONC(=NC#Cc1ccccc1)c1cccnc1. The van der Waals surface area contributed by atoms with Crippen molar-refractivity contribution in [3.05, 3.63) is 66.0 Å². The lowest BCUT2D eigenvalue weighted by Gasteiger charge is -2.00. The molecule has 0 bridgehead atoms. The van der Waals surface area contributed by atoms with Gasteiger partial charge in [0.1, 0.15) is 0 Å². The van der Waals surface area contributed by atoms with E-state index in [4.69, 9.17) is 5.21 Å². The third-order valence-electron chi connectivity index (χ3n) is 2.18. The summed E-state index contributed by atoms with van der Waals surface area (Å²) in [4.78, 5) is 7.90. The summed E-state index contributed by atoms with van der Waals surface area (Å²) in [7, 11) is 0. The van der Waals surface area contributed by atoms with Crippen LogP contribution in [0.25, 0.3) is 0 Å². The lowest BCUT2D eigenvalue weighted by molar-refractivity contribution is 0.235. The minimum absolute atomic E-state index is 0.270. The number of aliphatic imine (C=N–C) groups is 1.